The largest absolute Gasteiger partial charge is 0.417 e. The standard InChI is InChI=1S/C12H13F3N4OS/c1-2-5-16-11-18-17-9(21-11)7-19-6-8(12(13,14)15)3-4-10(19)20/h3-4,6H,2,5,7H2,1H3,(H,16,18). The van der Waals surface area contributed by atoms with Gasteiger partial charge in [0.2, 0.25) is 5.13 Å². The molecular formula is C12H13F3N4OS. The molecule has 0 aliphatic rings. The van der Waals surface area contributed by atoms with Gasteiger partial charge in [0.25, 0.3) is 5.56 Å². The number of nitrogens with one attached hydrogen (secondary N) is 1. The summed E-state index contributed by atoms with van der Waals surface area (Å²) in [6.07, 6.45) is -2.77. The Balaban J connectivity index is 2.19. The Labute approximate surface area is 122 Å². The molecule has 0 bridgehead atoms. The zero-order valence-electron chi connectivity index (χ0n) is 11.1. The van der Waals surface area contributed by atoms with Crippen LogP contribution in [0, 0.1) is 0 Å². The molecule has 0 saturated heterocycles. The molecule has 21 heavy (non-hydrogen) atoms. The van der Waals surface area contributed by atoms with Crippen molar-refractivity contribution in [2.45, 2.75) is 26.1 Å². The molecule has 0 fully saturated rings. The van der Waals surface area contributed by atoms with E-state index in [4.69, 9.17) is 0 Å². The number of nitrogens with zero attached hydrogens (tertiary/aromatic N) is 3. The maximum Gasteiger partial charge on any atom is 0.417 e. The predicted octanol–water partition coefficient (Wildman–Crippen LogP) is 2.59. The summed E-state index contributed by atoms with van der Waals surface area (Å²) in [5.41, 5.74) is -1.38. The van der Waals surface area contributed by atoms with E-state index in [1.165, 1.54) is 11.3 Å². The summed E-state index contributed by atoms with van der Waals surface area (Å²) in [4.78, 5) is 11.6. The molecule has 2 aromatic heterocycles. The molecule has 0 aromatic carbocycles. The van der Waals surface area contributed by atoms with E-state index >= 15 is 0 Å². The molecule has 1 N–H and O–H groups in total. The van der Waals surface area contributed by atoms with Gasteiger partial charge in [0, 0.05) is 18.8 Å². The Bertz CT molecular complexity index is 665. The molecular weight excluding hydrogens is 305 g/mol. The Kier molecular flexibility index (Phi) is 4.61. The monoisotopic (exact) mass is 318 g/mol. The van der Waals surface area contributed by atoms with Gasteiger partial charge in [-0.1, -0.05) is 18.3 Å². The zero-order valence-corrected chi connectivity index (χ0v) is 12.0. The van der Waals surface area contributed by atoms with E-state index in [-0.39, 0.29) is 6.54 Å². The Morgan fingerprint density at radius 2 is 2.10 bits per heavy atom. The number of halogens is 3. The molecule has 9 heteroatoms. The fourth-order valence-electron chi connectivity index (χ4n) is 1.59. The van der Waals surface area contributed by atoms with Crippen molar-refractivity contribution >= 4 is 16.5 Å². The first kappa shape index (κ1) is 15.5. The van der Waals surface area contributed by atoms with Crippen molar-refractivity contribution in [3.63, 3.8) is 0 Å². The third kappa shape index (κ3) is 4.03. The van der Waals surface area contributed by atoms with E-state index in [2.05, 4.69) is 15.5 Å². The summed E-state index contributed by atoms with van der Waals surface area (Å²) in [6.45, 7) is 2.70. The lowest BCUT2D eigenvalue weighted by Gasteiger charge is -2.09. The number of hydrogen-bond acceptors (Lipinski definition) is 5. The molecule has 0 unspecified atom stereocenters. The van der Waals surface area contributed by atoms with E-state index in [9.17, 15) is 18.0 Å². The highest BCUT2D eigenvalue weighted by Gasteiger charge is 2.31. The lowest BCUT2D eigenvalue weighted by atomic mass is 10.3. The summed E-state index contributed by atoms with van der Waals surface area (Å²) in [5.74, 6) is 0. The molecule has 0 radical (unpaired) electrons. The molecule has 0 saturated carbocycles. The Morgan fingerprint density at radius 1 is 1.33 bits per heavy atom. The topological polar surface area (TPSA) is 59.8 Å². The highest BCUT2D eigenvalue weighted by molar-refractivity contribution is 7.15. The first-order valence-corrected chi connectivity index (χ1v) is 7.05. The van der Waals surface area contributed by atoms with Crippen LogP contribution in [-0.4, -0.2) is 21.3 Å². The van der Waals surface area contributed by atoms with E-state index in [1.807, 2.05) is 6.92 Å². The fraction of sp³-hybridized carbons (Fsp3) is 0.417. The summed E-state index contributed by atoms with van der Waals surface area (Å²) in [6, 6.07) is 1.67. The lowest BCUT2D eigenvalue weighted by Crippen LogP contribution is -2.21. The summed E-state index contributed by atoms with van der Waals surface area (Å²) >= 11 is 1.22. The van der Waals surface area contributed by atoms with Gasteiger partial charge in [-0.05, 0) is 12.5 Å². The van der Waals surface area contributed by atoms with Crippen LogP contribution in [0.15, 0.2) is 23.1 Å². The lowest BCUT2D eigenvalue weighted by molar-refractivity contribution is -0.138. The number of anilines is 1. The molecule has 5 nitrogen and oxygen atoms in total. The third-order valence-electron chi connectivity index (χ3n) is 2.61. The number of alkyl halides is 3. The third-order valence-corrected chi connectivity index (χ3v) is 3.48. The highest BCUT2D eigenvalue weighted by Crippen LogP contribution is 2.28. The average Bonchev–Trinajstić information content (AvgIpc) is 2.85. The number of rotatable bonds is 5. The Hall–Kier alpha value is -1.90. The second-order valence-corrected chi connectivity index (χ2v) is 5.37. The van der Waals surface area contributed by atoms with Crippen LogP contribution >= 0.6 is 11.3 Å². The minimum absolute atomic E-state index is 0.0335. The second kappa shape index (κ2) is 6.25. The van der Waals surface area contributed by atoms with Crippen LogP contribution in [-0.2, 0) is 12.7 Å². The minimum atomic E-state index is -4.48. The van der Waals surface area contributed by atoms with Gasteiger partial charge in [-0.2, -0.15) is 13.2 Å². The van der Waals surface area contributed by atoms with E-state index < -0.39 is 17.3 Å². The Morgan fingerprint density at radius 3 is 2.76 bits per heavy atom. The molecule has 2 heterocycles. The maximum atomic E-state index is 12.6. The molecule has 0 atom stereocenters. The first-order chi connectivity index (χ1) is 9.90. The van der Waals surface area contributed by atoms with Crippen molar-refractivity contribution in [1.29, 1.82) is 0 Å². The van der Waals surface area contributed by atoms with Crippen molar-refractivity contribution in [3.8, 4) is 0 Å². The molecule has 114 valence electrons. The van der Waals surface area contributed by atoms with Crippen molar-refractivity contribution in [3.05, 3.63) is 39.3 Å². The number of hydrogen-bond donors (Lipinski definition) is 1. The van der Waals surface area contributed by atoms with Crippen molar-refractivity contribution in [2.24, 2.45) is 0 Å². The normalized spacial score (nSPS) is 11.6. The quantitative estimate of drug-likeness (QED) is 0.920. The molecule has 0 aliphatic carbocycles. The molecule has 0 aliphatic heterocycles. The van der Waals surface area contributed by atoms with E-state index in [0.29, 0.717) is 10.1 Å². The van der Waals surface area contributed by atoms with Crippen LogP contribution in [0.3, 0.4) is 0 Å². The molecule has 2 aromatic rings. The average molecular weight is 318 g/mol. The van der Waals surface area contributed by atoms with Crippen LogP contribution in [0.25, 0.3) is 0 Å². The van der Waals surface area contributed by atoms with Gasteiger partial charge in [-0.25, -0.2) is 0 Å². The second-order valence-electron chi connectivity index (χ2n) is 4.31. The predicted molar refractivity (Wildman–Crippen MR) is 73.5 cm³/mol. The van der Waals surface area contributed by atoms with Gasteiger partial charge in [0.1, 0.15) is 5.01 Å². The van der Waals surface area contributed by atoms with Gasteiger partial charge in [-0.3, -0.25) is 4.79 Å². The SMILES string of the molecule is CCCNc1nnc(Cn2cc(C(F)(F)F)ccc2=O)s1. The smallest absolute Gasteiger partial charge is 0.360 e. The maximum absolute atomic E-state index is 12.6. The van der Waals surface area contributed by atoms with Crippen LogP contribution in [0.5, 0.6) is 0 Å². The first-order valence-electron chi connectivity index (χ1n) is 6.24. The fourth-order valence-corrected chi connectivity index (χ4v) is 2.35. The van der Waals surface area contributed by atoms with Crippen molar-refractivity contribution < 1.29 is 13.2 Å². The number of aromatic nitrogens is 3. The van der Waals surface area contributed by atoms with Crippen molar-refractivity contribution in [1.82, 2.24) is 14.8 Å². The summed E-state index contributed by atoms with van der Waals surface area (Å²) in [7, 11) is 0. The van der Waals surface area contributed by atoms with Gasteiger partial charge in [0.05, 0.1) is 12.1 Å². The van der Waals surface area contributed by atoms with Crippen molar-refractivity contribution in [2.75, 3.05) is 11.9 Å². The van der Waals surface area contributed by atoms with E-state index in [0.717, 1.165) is 35.9 Å². The zero-order chi connectivity index (χ0) is 15.5. The van der Waals surface area contributed by atoms with Gasteiger partial charge >= 0.3 is 6.18 Å². The van der Waals surface area contributed by atoms with Gasteiger partial charge in [-0.15, -0.1) is 10.2 Å². The minimum Gasteiger partial charge on any atom is -0.360 e. The summed E-state index contributed by atoms with van der Waals surface area (Å²) in [5, 5.41) is 11.8. The molecule has 0 spiro atoms. The summed E-state index contributed by atoms with van der Waals surface area (Å²) < 4.78 is 38.9. The van der Waals surface area contributed by atoms with Crippen LogP contribution in [0.1, 0.15) is 23.9 Å². The van der Waals surface area contributed by atoms with Crippen LogP contribution < -0.4 is 10.9 Å². The highest BCUT2D eigenvalue weighted by atomic mass is 32.1. The van der Waals surface area contributed by atoms with Gasteiger partial charge in [0.15, 0.2) is 0 Å². The number of pyridine rings is 1. The molecule has 2 rings (SSSR count). The van der Waals surface area contributed by atoms with Crippen LogP contribution in [0.4, 0.5) is 18.3 Å². The van der Waals surface area contributed by atoms with Crippen LogP contribution in [0.2, 0.25) is 0 Å². The molecule has 0 amide bonds. The van der Waals surface area contributed by atoms with E-state index in [1.54, 1.807) is 0 Å². The van der Waals surface area contributed by atoms with Gasteiger partial charge < -0.3 is 9.88 Å².